The maximum atomic E-state index is 2.34. The summed E-state index contributed by atoms with van der Waals surface area (Å²) in [7, 11) is 4.38. The van der Waals surface area contributed by atoms with Gasteiger partial charge in [0.15, 0.2) is 0 Å². The largest absolute Gasteiger partial charge is 0.307 e. The highest BCUT2D eigenvalue weighted by Gasteiger charge is 2.03. The van der Waals surface area contributed by atoms with Gasteiger partial charge in [0.1, 0.15) is 0 Å². The van der Waals surface area contributed by atoms with Crippen LogP contribution >= 0.6 is 0 Å². The molecule has 22 heavy (non-hydrogen) atoms. The van der Waals surface area contributed by atoms with E-state index < -0.39 is 0 Å². The molecule has 0 heterocycles. The number of hydrogen-bond donors (Lipinski definition) is 0. The zero-order valence-corrected chi connectivity index (χ0v) is 16.3. The van der Waals surface area contributed by atoms with Gasteiger partial charge in [-0.3, -0.25) is 0 Å². The molecule has 0 N–H and O–H groups in total. The van der Waals surface area contributed by atoms with Gasteiger partial charge in [-0.25, -0.2) is 0 Å². The summed E-state index contributed by atoms with van der Waals surface area (Å²) < 4.78 is 0. The summed E-state index contributed by atoms with van der Waals surface area (Å²) in [6.45, 7) is 4.63. The molecule has 0 aromatic rings. The summed E-state index contributed by atoms with van der Waals surface area (Å²) in [5.41, 5.74) is 0. The molecule has 0 saturated carbocycles. The Morgan fingerprint density at radius 2 is 0.864 bits per heavy atom. The molecule has 0 saturated heterocycles. The second-order valence-electron chi connectivity index (χ2n) is 7.55. The quantitative estimate of drug-likeness (QED) is 0.257. The zero-order valence-electron chi connectivity index (χ0n) is 16.3. The summed E-state index contributed by atoms with van der Waals surface area (Å²) in [5, 5.41) is 0. The topological polar surface area (TPSA) is 3.24 Å². The summed E-state index contributed by atoms with van der Waals surface area (Å²) in [6, 6.07) is 0.752. The molecule has 0 bridgehead atoms. The molecular weight excluding hydrogens is 266 g/mol. The highest BCUT2D eigenvalue weighted by molar-refractivity contribution is 4.59. The van der Waals surface area contributed by atoms with Gasteiger partial charge in [0.05, 0.1) is 0 Å². The van der Waals surface area contributed by atoms with Gasteiger partial charge in [-0.15, -0.1) is 0 Å². The van der Waals surface area contributed by atoms with Crippen molar-refractivity contribution in [2.75, 3.05) is 14.1 Å². The maximum absolute atomic E-state index is 2.34. The molecule has 0 amide bonds. The van der Waals surface area contributed by atoms with Gasteiger partial charge < -0.3 is 4.90 Å². The molecule has 1 unspecified atom stereocenters. The standard InChI is InChI=1S/C21H45N/c1-5-6-7-8-9-10-11-12-13-14-15-16-17-18-19-20-21(2)22(3)4/h21H,5-20H2,1-4H3. The number of nitrogens with zero attached hydrogens (tertiary/aromatic N) is 1. The van der Waals surface area contributed by atoms with Crippen LogP contribution < -0.4 is 0 Å². The van der Waals surface area contributed by atoms with E-state index in [1.54, 1.807) is 0 Å². The highest BCUT2D eigenvalue weighted by Crippen LogP contribution is 2.14. The fourth-order valence-electron chi connectivity index (χ4n) is 3.07. The van der Waals surface area contributed by atoms with E-state index in [1.807, 2.05) is 0 Å². The SMILES string of the molecule is CCCCCCCCCCCCCCCCCC(C)N(C)C. The van der Waals surface area contributed by atoms with Gasteiger partial charge in [-0.05, 0) is 27.4 Å². The van der Waals surface area contributed by atoms with E-state index in [2.05, 4.69) is 32.8 Å². The summed E-state index contributed by atoms with van der Waals surface area (Å²) in [6.07, 6.45) is 23.2. The third-order valence-electron chi connectivity index (χ3n) is 5.11. The second kappa shape index (κ2) is 17.3. The van der Waals surface area contributed by atoms with E-state index in [4.69, 9.17) is 0 Å². The summed E-state index contributed by atoms with van der Waals surface area (Å²) in [5.74, 6) is 0. The van der Waals surface area contributed by atoms with Crippen LogP contribution in [0.15, 0.2) is 0 Å². The fourth-order valence-corrected chi connectivity index (χ4v) is 3.07. The summed E-state index contributed by atoms with van der Waals surface area (Å²) >= 11 is 0. The molecule has 0 aromatic heterocycles. The van der Waals surface area contributed by atoms with E-state index in [0.717, 1.165) is 6.04 Å². The van der Waals surface area contributed by atoms with Crippen molar-refractivity contribution in [3.8, 4) is 0 Å². The lowest BCUT2D eigenvalue weighted by atomic mass is 10.0. The molecule has 0 aliphatic heterocycles. The van der Waals surface area contributed by atoms with Crippen LogP contribution in [-0.2, 0) is 0 Å². The zero-order chi connectivity index (χ0) is 16.5. The maximum Gasteiger partial charge on any atom is 0.00608 e. The highest BCUT2D eigenvalue weighted by atomic mass is 15.1. The number of rotatable bonds is 17. The number of unbranched alkanes of at least 4 members (excludes halogenated alkanes) is 14. The number of hydrogen-bond acceptors (Lipinski definition) is 1. The third-order valence-corrected chi connectivity index (χ3v) is 5.11. The van der Waals surface area contributed by atoms with E-state index in [0.29, 0.717) is 0 Å². The second-order valence-corrected chi connectivity index (χ2v) is 7.55. The normalized spacial score (nSPS) is 13.0. The van der Waals surface area contributed by atoms with Crippen LogP contribution in [0.25, 0.3) is 0 Å². The molecule has 0 aliphatic rings. The molecule has 1 heteroatoms. The lowest BCUT2D eigenvalue weighted by molar-refractivity contribution is 0.291. The Bertz CT molecular complexity index is 200. The predicted octanol–water partition coefficient (Wildman–Crippen LogP) is 7.20. The Hall–Kier alpha value is -0.0400. The van der Waals surface area contributed by atoms with Crippen LogP contribution in [0.5, 0.6) is 0 Å². The molecule has 0 radical (unpaired) electrons. The van der Waals surface area contributed by atoms with Crippen molar-refractivity contribution in [2.45, 2.75) is 123 Å². The first-order chi connectivity index (χ1) is 10.7. The molecule has 0 fully saturated rings. The minimum atomic E-state index is 0.752. The minimum absolute atomic E-state index is 0.752. The average molecular weight is 312 g/mol. The van der Waals surface area contributed by atoms with E-state index in [9.17, 15) is 0 Å². The predicted molar refractivity (Wildman–Crippen MR) is 103 cm³/mol. The van der Waals surface area contributed by atoms with Crippen molar-refractivity contribution in [2.24, 2.45) is 0 Å². The van der Waals surface area contributed by atoms with Crippen molar-refractivity contribution in [3.63, 3.8) is 0 Å². The van der Waals surface area contributed by atoms with E-state index in [-0.39, 0.29) is 0 Å². The Morgan fingerprint density at radius 3 is 1.18 bits per heavy atom. The van der Waals surface area contributed by atoms with Gasteiger partial charge >= 0.3 is 0 Å². The Labute approximate surface area is 142 Å². The Balaban J connectivity index is 3.03. The van der Waals surface area contributed by atoms with Gasteiger partial charge in [-0.1, -0.05) is 103 Å². The first-order valence-corrected chi connectivity index (χ1v) is 10.3. The third kappa shape index (κ3) is 16.3. The van der Waals surface area contributed by atoms with E-state index >= 15 is 0 Å². The lowest BCUT2D eigenvalue weighted by Crippen LogP contribution is -2.24. The minimum Gasteiger partial charge on any atom is -0.307 e. The molecule has 0 rings (SSSR count). The molecule has 134 valence electrons. The monoisotopic (exact) mass is 311 g/mol. The van der Waals surface area contributed by atoms with Crippen molar-refractivity contribution in [1.82, 2.24) is 4.90 Å². The molecule has 0 spiro atoms. The molecular formula is C21H45N. The van der Waals surface area contributed by atoms with Crippen LogP contribution in [0, 0.1) is 0 Å². The van der Waals surface area contributed by atoms with Crippen LogP contribution in [0.2, 0.25) is 0 Å². The fraction of sp³-hybridized carbons (Fsp3) is 1.00. The summed E-state index contributed by atoms with van der Waals surface area (Å²) in [4.78, 5) is 2.34. The Kier molecular flexibility index (Phi) is 17.3. The molecule has 0 aliphatic carbocycles. The van der Waals surface area contributed by atoms with E-state index in [1.165, 1.54) is 103 Å². The van der Waals surface area contributed by atoms with Crippen molar-refractivity contribution in [1.29, 1.82) is 0 Å². The van der Waals surface area contributed by atoms with Crippen LogP contribution in [0.3, 0.4) is 0 Å². The molecule has 0 aromatic carbocycles. The van der Waals surface area contributed by atoms with Crippen molar-refractivity contribution in [3.05, 3.63) is 0 Å². The first kappa shape index (κ1) is 22.0. The van der Waals surface area contributed by atoms with Gasteiger partial charge in [0, 0.05) is 6.04 Å². The van der Waals surface area contributed by atoms with Crippen molar-refractivity contribution < 1.29 is 0 Å². The van der Waals surface area contributed by atoms with Crippen LogP contribution in [0.1, 0.15) is 117 Å². The molecule has 1 nitrogen and oxygen atoms in total. The van der Waals surface area contributed by atoms with Gasteiger partial charge in [-0.2, -0.15) is 0 Å². The smallest absolute Gasteiger partial charge is 0.00608 e. The van der Waals surface area contributed by atoms with Crippen molar-refractivity contribution >= 4 is 0 Å². The van der Waals surface area contributed by atoms with Gasteiger partial charge in [0.2, 0.25) is 0 Å². The average Bonchev–Trinajstić information content (AvgIpc) is 2.50. The first-order valence-electron chi connectivity index (χ1n) is 10.3. The van der Waals surface area contributed by atoms with Crippen LogP contribution in [-0.4, -0.2) is 25.0 Å². The lowest BCUT2D eigenvalue weighted by Gasteiger charge is -2.19. The van der Waals surface area contributed by atoms with Gasteiger partial charge in [0.25, 0.3) is 0 Å². The Morgan fingerprint density at radius 1 is 0.545 bits per heavy atom. The molecule has 1 atom stereocenters. The van der Waals surface area contributed by atoms with Crippen LogP contribution in [0.4, 0.5) is 0 Å².